The zero-order valence-electron chi connectivity index (χ0n) is 25.0. The van der Waals surface area contributed by atoms with E-state index in [4.69, 9.17) is 13.9 Å². The molecular formula is C31H41N7O5. The van der Waals surface area contributed by atoms with Crippen LogP contribution in [0.15, 0.2) is 29.0 Å². The molecule has 12 nitrogen and oxygen atoms in total. The number of aryl methyl sites for hydroxylation is 1. The van der Waals surface area contributed by atoms with Gasteiger partial charge in [0.25, 0.3) is 5.91 Å². The number of anilines is 2. The van der Waals surface area contributed by atoms with Crippen LogP contribution in [0.3, 0.4) is 0 Å². The zero-order valence-corrected chi connectivity index (χ0v) is 25.0. The second-order valence-corrected chi connectivity index (χ2v) is 11.7. The lowest BCUT2D eigenvalue weighted by Crippen LogP contribution is -2.42. The third kappa shape index (κ3) is 7.09. The van der Waals surface area contributed by atoms with Crippen molar-refractivity contribution < 1.29 is 23.8 Å². The van der Waals surface area contributed by atoms with Crippen molar-refractivity contribution in [2.45, 2.75) is 64.8 Å². The molecule has 2 aromatic heterocycles. The van der Waals surface area contributed by atoms with Gasteiger partial charge < -0.3 is 34.5 Å². The molecule has 1 amide bonds. The Labute approximate surface area is 251 Å². The fraction of sp³-hybridized carbons (Fsp3) is 0.548. The first-order valence-electron chi connectivity index (χ1n) is 15.2. The number of nitrogens with one attached hydrogen (secondary N) is 2. The van der Waals surface area contributed by atoms with Gasteiger partial charge in [0.2, 0.25) is 5.95 Å². The van der Waals surface area contributed by atoms with Crippen molar-refractivity contribution in [2.24, 2.45) is 0 Å². The third-order valence-corrected chi connectivity index (χ3v) is 8.46. The lowest BCUT2D eigenvalue weighted by molar-refractivity contribution is 0.0209. The van der Waals surface area contributed by atoms with E-state index in [2.05, 4.69) is 48.4 Å². The van der Waals surface area contributed by atoms with Crippen molar-refractivity contribution >= 4 is 17.7 Å². The maximum atomic E-state index is 13.2. The van der Waals surface area contributed by atoms with Crippen molar-refractivity contribution in [1.29, 1.82) is 0 Å². The van der Waals surface area contributed by atoms with E-state index in [1.54, 1.807) is 6.07 Å². The number of aromatic nitrogens is 3. The predicted molar refractivity (Wildman–Crippen MR) is 160 cm³/mol. The molecule has 1 unspecified atom stereocenters. The normalized spacial score (nSPS) is 18.1. The average Bonchev–Trinajstić information content (AvgIpc) is 3.42. The van der Waals surface area contributed by atoms with Gasteiger partial charge in [-0.3, -0.25) is 9.69 Å². The number of carbonyl (C=O) groups excluding carboxylic acids is 1. The zero-order chi connectivity index (χ0) is 29.8. The van der Waals surface area contributed by atoms with E-state index in [0.29, 0.717) is 43.8 Å². The maximum Gasteiger partial charge on any atom is 0.270 e. The number of carbonyl (C=O) groups is 1. The molecule has 3 aliphatic rings. The van der Waals surface area contributed by atoms with E-state index >= 15 is 0 Å². The Morgan fingerprint density at radius 1 is 1.16 bits per heavy atom. The quantitative estimate of drug-likeness (QED) is 0.303. The Bertz CT molecular complexity index is 1420. The fourth-order valence-electron chi connectivity index (χ4n) is 5.85. The van der Waals surface area contributed by atoms with Crippen LogP contribution < -0.4 is 20.3 Å². The van der Waals surface area contributed by atoms with Crippen LogP contribution in [-0.2, 0) is 24.3 Å². The van der Waals surface area contributed by atoms with Crippen LogP contribution in [0, 0.1) is 13.8 Å². The molecule has 0 bridgehead atoms. The van der Waals surface area contributed by atoms with Crippen molar-refractivity contribution in [3.63, 3.8) is 0 Å². The Hall–Kier alpha value is -3.74. The molecule has 3 aliphatic heterocycles. The molecule has 1 atom stereocenters. The Balaban J connectivity index is 1.03. The minimum Gasteiger partial charge on any atom is -0.485 e. The highest BCUT2D eigenvalue weighted by Gasteiger charge is 2.24. The molecule has 1 aromatic carbocycles. The van der Waals surface area contributed by atoms with Gasteiger partial charge in [-0.25, -0.2) is 9.97 Å². The highest BCUT2D eigenvalue weighted by atomic mass is 16.5. The minimum atomic E-state index is -0.715. The van der Waals surface area contributed by atoms with Crippen LogP contribution in [-0.4, -0.2) is 88.9 Å². The number of hydrogen-bond acceptors (Lipinski definition) is 11. The summed E-state index contributed by atoms with van der Waals surface area (Å²) in [6, 6.07) is 5.97. The second-order valence-electron chi connectivity index (χ2n) is 11.7. The van der Waals surface area contributed by atoms with Crippen LogP contribution in [0.25, 0.3) is 0 Å². The topological polar surface area (TPSA) is 138 Å². The second kappa shape index (κ2) is 13.3. The predicted octanol–water partition coefficient (Wildman–Crippen LogP) is 2.61. The van der Waals surface area contributed by atoms with E-state index in [0.717, 1.165) is 68.2 Å². The number of hydrogen-bond donors (Lipinski definition) is 3. The smallest absolute Gasteiger partial charge is 0.270 e. The van der Waals surface area contributed by atoms with Gasteiger partial charge in [0.1, 0.15) is 23.9 Å². The molecule has 12 heteroatoms. The monoisotopic (exact) mass is 591 g/mol. The summed E-state index contributed by atoms with van der Waals surface area (Å²) >= 11 is 0. The molecule has 230 valence electrons. The van der Waals surface area contributed by atoms with Gasteiger partial charge in [0.05, 0.1) is 31.1 Å². The van der Waals surface area contributed by atoms with Gasteiger partial charge in [0, 0.05) is 45.3 Å². The fourth-order valence-corrected chi connectivity index (χ4v) is 5.85. The first kappa shape index (κ1) is 29.3. The number of aliphatic hydroxyl groups is 1. The van der Waals surface area contributed by atoms with Gasteiger partial charge in [-0.1, -0.05) is 6.07 Å². The lowest BCUT2D eigenvalue weighted by Gasteiger charge is -2.31. The third-order valence-electron chi connectivity index (χ3n) is 8.46. The molecule has 0 saturated carbocycles. The highest BCUT2D eigenvalue weighted by Crippen LogP contribution is 2.30. The summed E-state index contributed by atoms with van der Waals surface area (Å²) in [5.74, 6) is 2.45. The summed E-state index contributed by atoms with van der Waals surface area (Å²) in [4.78, 5) is 30.9. The summed E-state index contributed by atoms with van der Waals surface area (Å²) in [6.07, 6.45) is 4.95. The molecule has 3 aromatic rings. The number of aliphatic hydroxyl groups excluding tert-OH is 1. The molecule has 0 aliphatic carbocycles. The standard InChI is InChI=1S/C31H41N7O5/c1-20-25-8-11-37(14-22(25)6-7-27(20)42-18-28-21(2)33-19-43-28)15-24(39)13-32-30(40)26-12-29(34-23-16-41-17-23)36-31(35-26)38-9-4-3-5-10-38/h6-7,12,19,23-24,39H,3-5,8-11,13-18H2,1-2H3,(H,32,40)(H,34,35,36). The number of rotatable bonds is 11. The van der Waals surface area contributed by atoms with Crippen molar-refractivity contribution in [3.05, 3.63) is 58.4 Å². The van der Waals surface area contributed by atoms with Crippen LogP contribution >= 0.6 is 0 Å². The molecule has 3 N–H and O–H groups in total. The first-order valence-corrected chi connectivity index (χ1v) is 15.2. The van der Waals surface area contributed by atoms with Crippen LogP contribution in [0.4, 0.5) is 11.8 Å². The van der Waals surface area contributed by atoms with Crippen molar-refractivity contribution in [2.75, 3.05) is 56.2 Å². The van der Waals surface area contributed by atoms with E-state index in [9.17, 15) is 9.90 Å². The van der Waals surface area contributed by atoms with Crippen LogP contribution in [0.2, 0.25) is 0 Å². The van der Waals surface area contributed by atoms with Crippen molar-refractivity contribution in [3.8, 4) is 5.75 Å². The van der Waals surface area contributed by atoms with E-state index in [1.807, 2.05) is 13.0 Å². The minimum absolute atomic E-state index is 0.136. The van der Waals surface area contributed by atoms with Gasteiger partial charge in [-0.15, -0.1) is 0 Å². The summed E-state index contributed by atoms with van der Waals surface area (Å²) in [5, 5.41) is 17.1. The van der Waals surface area contributed by atoms with Crippen LogP contribution in [0.5, 0.6) is 5.75 Å². The molecule has 0 radical (unpaired) electrons. The number of benzene rings is 1. The number of nitrogens with zero attached hydrogens (tertiary/aromatic N) is 5. The van der Waals surface area contributed by atoms with E-state index < -0.39 is 6.10 Å². The molecule has 2 saturated heterocycles. The molecule has 6 rings (SSSR count). The number of ether oxygens (including phenoxy) is 2. The van der Waals surface area contributed by atoms with Gasteiger partial charge >= 0.3 is 0 Å². The van der Waals surface area contributed by atoms with E-state index in [1.165, 1.54) is 23.9 Å². The molecular weight excluding hydrogens is 550 g/mol. The van der Waals surface area contributed by atoms with Gasteiger partial charge in [-0.2, -0.15) is 4.98 Å². The summed E-state index contributed by atoms with van der Waals surface area (Å²) < 4.78 is 16.7. The Morgan fingerprint density at radius 3 is 2.74 bits per heavy atom. The van der Waals surface area contributed by atoms with Gasteiger partial charge in [-0.05, 0) is 62.3 Å². The highest BCUT2D eigenvalue weighted by molar-refractivity contribution is 5.93. The number of fused-ring (bicyclic) bond motifs is 1. The maximum absolute atomic E-state index is 13.2. The SMILES string of the molecule is Cc1ncoc1COc1ccc2c(c1C)CCN(CC(O)CNC(=O)c1cc(NC3COC3)nc(N3CCCCC3)n1)C2. The largest absolute Gasteiger partial charge is 0.485 e. The summed E-state index contributed by atoms with van der Waals surface area (Å²) in [7, 11) is 0. The van der Waals surface area contributed by atoms with Crippen LogP contribution in [0.1, 0.15) is 57.9 Å². The van der Waals surface area contributed by atoms with Gasteiger partial charge in [0.15, 0.2) is 12.2 Å². The summed E-state index contributed by atoms with van der Waals surface area (Å²) in [5.41, 5.74) is 4.78. The Kier molecular flexibility index (Phi) is 9.06. The number of β-amino-alcohol motifs (C(OH)–C–C–N with tert-alkyl or cyclic N) is 1. The van der Waals surface area contributed by atoms with Crippen molar-refractivity contribution in [1.82, 2.24) is 25.2 Å². The summed E-state index contributed by atoms with van der Waals surface area (Å²) in [6.45, 7) is 9.47. The average molecular weight is 592 g/mol. The Morgan fingerprint density at radius 2 is 2.00 bits per heavy atom. The first-order chi connectivity index (χ1) is 20.9. The lowest BCUT2D eigenvalue weighted by atomic mass is 9.94. The molecule has 43 heavy (non-hydrogen) atoms. The molecule has 5 heterocycles. The van der Waals surface area contributed by atoms with E-state index in [-0.39, 0.29) is 18.5 Å². The molecule has 2 fully saturated rings. The number of amides is 1. The number of oxazole rings is 1. The molecule has 0 spiro atoms. The number of piperidine rings is 1.